The van der Waals surface area contributed by atoms with E-state index in [1.807, 2.05) is 0 Å². The number of imide groups is 1. The van der Waals surface area contributed by atoms with Gasteiger partial charge in [0.05, 0.1) is 49.4 Å². The first kappa shape index (κ1) is 29.3. The second-order valence-electron chi connectivity index (χ2n) is 10.6. The zero-order valence-corrected chi connectivity index (χ0v) is 22.9. The summed E-state index contributed by atoms with van der Waals surface area (Å²) in [6, 6.07) is 5.00. The molecule has 0 radical (unpaired) electrons. The number of esters is 1. The maximum Gasteiger partial charge on any atom is 0.338 e. The molecule has 6 atom stereocenters. The minimum atomic E-state index is -1.20. The number of aliphatic hydroxyl groups is 2. The van der Waals surface area contributed by atoms with Gasteiger partial charge in [-0.15, -0.1) is 0 Å². The van der Waals surface area contributed by atoms with E-state index in [1.54, 1.807) is 18.2 Å². The summed E-state index contributed by atoms with van der Waals surface area (Å²) in [5.74, 6) is -2.16. The summed E-state index contributed by atoms with van der Waals surface area (Å²) in [5, 5.41) is 20.2. The number of amides is 2. The van der Waals surface area contributed by atoms with Crippen molar-refractivity contribution in [3.63, 3.8) is 0 Å². The van der Waals surface area contributed by atoms with Crippen LogP contribution in [0, 0.1) is 11.8 Å². The van der Waals surface area contributed by atoms with Crippen LogP contribution in [0.2, 0.25) is 0 Å². The van der Waals surface area contributed by atoms with Crippen LogP contribution < -0.4 is 9.47 Å². The Hall–Kier alpha value is -2.69. The molecule has 1 aromatic carbocycles. The number of hydrogen-bond acceptors (Lipinski definition) is 9. The summed E-state index contributed by atoms with van der Waals surface area (Å²) < 4.78 is 22.7. The summed E-state index contributed by atoms with van der Waals surface area (Å²) in [4.78, 5) is 39.7. The van der Waals surface area contributed by atoms with Crippen molar-refractivity contribution in [3.05, 3.63) is 23.8 Å². The molecule has 1 aromatic rings. The number of carbonyl (C=O) groups is 3. The van der Waals surface area contributed by atoms with Crippen LogP contribution in [0.5, 0.6) is 11.5 Å². The molecule has 0 aromatic heterocycles. The maximum absolute atomic E-state index is 12.9. The zero-order chi connectivity index (χ0) is 27.9. The Kier molecular flexibility index (Phi) is 10.2. The first-order valence-corrected chi connectivity index (χ1v) is 14.3. The third kappa shape index (κ3) is 6.56. The van der Waals surface area contributed by atoms with Gasteiger partial charge in [-0.05, 0) is 25.0 Å². The number of ether oxygens (including phenoxy) is 4. The van der Waals surface area contributed by atoms with Crippen LogP contribution in [0.4, 0.5) is 0 Å². The molecule has 2 N–H and O–H groups in total. The highest BCUT2D eigenvalue weighted by Gasteiger charge is 2.68. The molecule has 3 aliphatic heterocycles. The van der Waals surface area contributed by atoms with Crippen molar-refractivity contribution < 1.29 is 43.5 Å². The van der Waals surface area contributed by atoms with Crippen molar-refractivity contribution in [1.29, 1.82) is 0 Å². The average Bonchev–Trinajstić information content (AvgIpc) is 3.53. The Morgan fingerprint density at radius 3 is 1.79 bits per heavy atom. The van der Waals surface area contributed by atoms with Crippen molar-refractivity contribution in [2.24, 2.45) is 11.8 Å². The van der Waals surface area contributed by atoms with E-state index in [9.17, 15) is 24.6 Å². The molecule has 216 valence electrons. The quantitative estimate of drug-likeness (QED) is 0.182. The van der Waals surface area contributed by atoms with Crippen molar-refractivity contribution >= 4 is 17.8 Å². The van der Waals surface area contributed by atoms with Crippen LogP contribution in [0.1, 0.15) is 75.6 Å². The van der Waals surface area contributed by atoms with E-state index in [4.69, 9.17) is 18.9 Å². The second-order valence-corrected chi connectivity index (χ2v) is 10.6. The molecule has 10 nitrogen and oxygen atoms in total. The molecule has 2 bridgehead atoms. The number of carbonyl (C=O) groups excluding carboxylic acids is 3. The van der Waals surface area contributed by atoms with Crippen LogP contribution in [0.15, 0.2) is 18.2 Å². The molecule has 0 spiro atoms. The number of benzene rings is 1. The van der Waals surface area contributed by atoms with E-state index in [-0.39, 0.29) is 18.7 Å². The van der Waals surface area contributed by atoms with Gasteiger partial charge in [0.15, 0.2) is 0 Å². The zero-order valence-electron chi connectivity index (χ0n) is 22.9. The Morgan fingerprint density at radius 2 is 1.31 bits per heavy atom. The maximum atomic E-state index is 12.9. The fraction of sp³-hybridized carbons (Fsp3) is 0.690. The second kappa shape index (κ2) is 13.6. The lowest BCUT2D eigenvalue weighted by Crippen LogP contribution is -2.47. The van der Waals surface area contributed by atoms with Gasteiger partial charge in [-0.25, -0.2) is 4.79 Å². The molecule has 39 heavy (non-hydrogen) atoms. The Bertz CT molecular complexity index is 950. The minimum Gasteiger partial charge on any atom is -0.493 e. The lowest BCUT2D eigenvalue weighted by atomic mass is 9.78. The van der Waals surface area contributed by atoms with Crippen molar-refractivity contribution in [3.8, 4) is 11.5 Å². The third-order valence-corrected chi connectivity index (χ3v) is 7.73. The lowest BCUT2D eigenvalue weighted by Gasteiger charge is -2.25. The summed E-state index contributed by atoms with van der Waals surface area (Å²) >= 11 is 0. The van der Waals surface area contributed by atoms with Gasteiger partial charge in [-0.3, -0.25) is 14.5 Å². The molecular formula is C29H41NO9. The number of likely N-dealkylation sites (tertiary alicyclic amines) is 1. The highest BCUT2D eigenvalue weighted by molar-refractivity contribution is 6.06. The molecule has 3 heterocycles. The van der Waals surface area contributed by atoms with E-state index in [0.29, 0.717) is 24.7 Å². The third-order valence-electron chi connectivity index (χ3n) is 7.73. The average molecular weight is 548 g/mol. The Balaban J connectivity index is 1.33. The van der Waals surface area contributed by atoms with Crippen molar-refractivity contribution in [1.82, 2.24) is 4.90 Å². The van der Waals surface area contributed by atoms with Gasteiger partial charge >= 0.3 is 5.97 Å². The van der Waals surface area contributed by atoms with E-state index in [0.717, 1.165) is 56.3 Å². The predicted octanol–water partition coefficient (Wildman–Crippen LogP) is 2.87. The molecule has 10 heteroatoms. The summed E-state index contributed by atoms with van der Waals surface area (Å²) in [7, 11) is 0. The van der Waals surface area contributed by atoms with Crippen LogP contribution in [-0.2, 0) is 19.1 Å². The fourth-order valence-electron chi connectivity index (χ4n) is 5.62. The first-order valence-electron chi connectivity index (χ1n) is 14.3. The van der Waals surface area contributed by atoms with E-state index in [1.165, 1.54) is 0 Å². The molecule has 0 aliphatic carbocycles. The van der Waals surface area contributed by atoms with Crippen LogP contribution in [0.3, 0.4) is 0 Å². The van der Waals surface area contributed by atoms with Gasteiger partial charge in [0.2, 0.25) is 11.8 Å². The number of hydrogen-bond donors (Lipinski definition) is 2. The van der Waals surface area contributed by atoms with E-state index in [2.05, 4.69) is 13.8 Å². The number of rotatable bonds is 16. The topological polar surface area (TPSA) is 132 Å². The predicted molar refractivity (Wildman–Crippen MR) is 140 cm³/mol. The Morgan fingerprint density at radius 1 is 0.795 bits per heavy atom. The summed E-state index contributed by atoms with van der Waals surface area (Å²) in [6.07, 6.45) is 4.31. The van der Waals surface area contributed by atoms with Crippen LogP contribution in [0.25, 0.3) is 0 Å². The molecule has 3 fully saturated rings. The molecule has 3 saturated heterocycles. The van der Waals surface area contributed by atoms with E-state index < -0.39 is 54.0 Å². The number of fused-ring (bicyclic) bond motifs is 5. The largest absolute Gasteiger partial charge is 0.493 e. The van der Waals surface area contributed by atoms with Crippen molar-refractivity contribution in [2.45, 2.75) is 89.6 Å². The summed E-state index contributed by atoms with van der Waals surface area (Å²) in [6.45, 7) is 5.06. The molecule has 2 amide bonds. The highest BCUT2D eigenvalue weighted by atomic mass is 16.6. The fourth-order valence-corrected chi connectivity index (χ4v) is 5.62. The van der Waals surface area contributed by atoms with Gasteiger partial charge in [0.1, 0.15) is 30.3 Å². The number of nitrogens with zero attached hydrogens (tertiary/aromatic N) is 1. The molecule has 6 unspecified atom stereocenters. The van der Waals surface area contributed by atoms with Crippen LogP contribution in [-0.4, -0.2) is 83.7 Å². The van der Waals surface area contributed by atoms with Gasteiger partial charge in [0.25, 0.3) is 0 Å². The minimum absolute atomic E-state index is 0.115. The van der Waals surface area contributed by atoms with Gasteiger partial charge in [0, 0.05) is 6.07 Å². The molecule has 3 aliphatic rings. The number of unbranched alkanes of at least 4 members (excludes halogenated alkanes) is 6. The molecule has 0 saturated carbocycles. The van der Waals surface area contributed by atoms with Gasteiger partial charge in [-0.2, -0.15) is 0 Å². The smallest absolute Gasteiger partial charge is 0.338 e. The monoisotopic (exact) mass is 547 g/mol. The van der Waals surface area contributed by atoms with Gasteiger partial charge < -0.3 is 29.2 Å². The van der Waals surface area contributed by atoms with Gasteiger partial charge in [-0.1, -0.05) is 52.4 Å². The molecular weight excluding hydrogens is 506 g/mol. The standard InChI is InChI=1S/C29H41NO9/c1-3-5-7-9-12-36-19-15-18(16-20(17-19)37-13-10-8-6-4-2)29(35)38-14-11-30-27(33)21-22(28(30)34)26-24(32)23(31)25(21)39-26/h15-17,21-26,31-32H,3-14H2,1-2H3. The SMILES string of the molecule is CCCCCCOc1cc(OCCCCCC)cc(C(=O)OCCN2C(=O)C3C4OC(C(O)C4O)C3C2=O)c1. The lowest BCUT2D eigenvalue weighted by molar-refractivity contribution is -0.143. The van der Waals surface area contributed by atoms with Crippen molar-refractivity contribution in [2.75, 3.05) is 26.4 Å². The first-order chi connectivity index (χ1) is 18.9. The van der Waals surface area contributed by atoms with E-state index >= 15 is 0 Å². The molecule has 4 rings (SSSR count). The van der Waals surface area contributed by atoms with Crippen LogP contribution >= 0.6 is 0 Å². The normalized spacial score (nSPS) is 27.2. The highest BCUT2D eigenvalue weighted by Crippen LogP contribution is 2.48. The number of aliphatic hydroxyl groups excluding tert-OH is 2. The Labute approximate surface area is 229 Å². The summed E-state index contributed by atoms with van der Waals surface area (Å²) in [5.41, 5.74) is 0.262.